The number of nitro groups is 4. The van der Waals surface area contributed by atoms with Crippen LogP contribution in [0.25, 0.3) is 11.0 Å². The lowest BCUT2D eigenvalue weighted by Gasteiger charge is -2.09. The Morgan fingerprint density at radius 1 is 0.684 bits per heavy atom. The molecular weight excluding hydrogens is 520 g/mol. The van der Waals surface area contributed by atoms with E-state index in [1.54, 1.807) is 0 Å². The molecule has 0 bridgehead atoms. The third-order valence-corrected chi connectivity index (χ3v) is 4.61. The second kappa shape index (κ2) is 9.68. The highest BCUT2D eigenvalue weighted by atomic mass is 16.7. The van der Waals surface area contributed by atoms with Crippen LogP contribution in [-0.4, -0.2) is 42.1 Å². The van der Waals surface area contributed by atoms with E-state index in [0.29, 0.717) is 0 Å². The molecule has 0 saturated carbocycles. The molecule has 0 aliphatic heterocycles. The fraction of sp³-hybridized carbons (Fsp3) is 0. The van der Waals surface area contributed by atoms with Crippen molar-refractivity contribution in [3.63, 3.8) is 0 Å². The largest absolute Gasteiger partial charge is 0.433 e. The number of rotatable bonds is 10. The van der Waals surface area contributed by atoms with Gasteiger partial charge in [-0.3, -0.25) is 56.3 Å². The number of aromatic nitrogens is 2. The maximum atomic E-state index is 12.0. The lowest BCUT2D eigenvalue weighted by atomic mass is 10.1. The van der Waals surface area contributed by atoms with Gasteiger partial charge < -0.3 is 13.8 Å². The number of benzene rings is 1. The molecule has 4 aromatic rings. The van der Waals surface area contributed by atoms with Gasteiger partial charge in [0.15, 0.2) is 22.7 Å². The third kappa shape index (κ3) is 4.72. The van der Waals surface area contributed by atoms with Crippen molar-refractivity contribution in [2.45, 2.75) is 0 Å². The van der Waals surface area contributed by atoms with Crippen molar-refractivity contribution in [3.8, 4) is 0 Å². The van der Waals surface area contributed by atoms with Crippen LogP contribution in [0, 0.1) is 40.5 Å². The topological polar surface area (TPSA) is 296 Å². The first-order chi connectivity index (χ1) is 18.1. The first-order valence-electron chi connectivity index (χ1n) is 9.74. The third-order valence-electron chi connectivity index (χ3n) is 4.61. The Bertz CT molecular complexity index is 1720. The van der Waals surface area contributed by atoms with Crippen LogP contribution in [0.3, 0.4) is 0 Å². The summed E-state index contributed by atoms with van der Waals surface area (Å²) in [4.78, 5) is 58.0. The Kier molecular flexibility index (Phi) is 6.30. The van der Waals surface area contributed by atoms with E-state index in [1.807, 2.05) is 0 Å². The number of anilines is 2. The molecule has 0 saturated heterocycles. The van der Waals surface area contributed by atoms with E-state index < -0.39 is 70.9 Å². The molecule has 0 unspecified atom stereocenters. The zero-order chi connectivity index (χ0) is 27.6. The fourth-order valence-corrected chi connectivity index (χ4v) is 3.15. The van der Waals surface area contributed by atoms with E-state index in [-0.39, 0.29) is 11.5 Å². The normalized spacial score (nSPS) is 11.4. The molecule has 0 aliphatic rings. The number of H-pyrrole nitrogens is 2. The van der Waals surface area contributed by atoms with Crippen LogP contribution in [0.5, 0.6) is 0 Å². The van der Waals surface area contributed by atoms with Gasteiger partial charge in [-0.25, -0.2) is 4.79 Å². The molecule has 0 fully saturated rings. The summed E-state index contributed by atoms with van der Waals surface area (Å²) >= 11 is 0. The number of aromatic amines is 2. The molecule has 1 aromatic carbocycles. The second-order valence-electron chi connectivity index (χ2n) is 6.90. The van der Waals surface area contributed by atoms with E-state index in [0.717, 1.165) is 30.6 Å². The first kappa shape index (κ1) is 24.7. The minimum absolute atomic E-state index is 0.122. The summed E-state index contributed by atoms with van der Waals surface area (Å²) in [5, 5.41) is 52.6. The zero-order valence-electron chi connectivity index (χ0n) is 18.1. The summed E-state index contributed by atoms with van der Waals surface area (Å²) in [6, 6.07) is 4.38. The van der Waals surface area contributed by atoms with Gasteiger partial charge in [-0.2, -0.15) is 10.2 Å². The Balaban J connectivity index is 1.80. The van der Waals surface area contributed by atoms with Gasteiger partial charge in [-0.1, -0.05) is 0 Å². The molecule has 3 aromatic heterocycles. The highest BCUT2D eigenvalue weighted by molar-refractivity contribution is 6.07. The van der Waals surface area contributed by atoms with E-state index in [1.165, 1.54) is 6.07 Å². The van der Waals surface area contributed by atoms with Gasteiger partial charge in [0.1, 0.15) is 15.4 Å². The Morgan fingerprint density at radius 2 is 1.16 bits per heavy atom. The van der Waals surface area contributed by atoms with Crippen molar-refractivity contribution < 1.29 is 28.5 Å². The first-order valence-corrected chi connectivity index (χ1v) is 9.74. The van der Waals surface area contributed by atoms with Crippen molar-refractivity contribution in [3.05, 3.63) is 86.7 Å². The quantitative estimate of drug-likeness (QED) is 0.130. The molecule has 194 valence electrons. The maximum Gasteiger partial charge on any atom is 0.433 e. The van der Waals surface area contributed by atoms with Crippen molar-refractivity contribution in [1.29, 1.82) is 0 Å². The van der Waals surface area contributed by atoms with Crippen molar-refractivity contribution >= 4 is 58.0 Å². The number of nitro benzene ring substituents is 2. The number of hydrazone groups is 2. The average Bonchev–Trinajstić information content (AvgIpc) is 3.58. The van der Waals surface area contributed by atoms with Crippen LogP contribution in [-0.2, 0) is 0 Å². The molecule has 0 spiro atoms. The lowest BCUT2D eigenvalue weighted by Crippen LogP contribution is -2.06. The summed E-state index contributed by atoms with van der Waals surface area (Å²) in [7, 11) is 0. The number of imidazole rings is 1. The van der Waals surface area contributed by atoms with Gasteiger partial charge in [-0.05, 0) is 12.1 Å². The van der Waals surface area contributed by atoms with Gasteiger partial charge >= 0.3 is 28.8 Å². The standard InChI is InChI=1S/C17H10N10O11/c28-17-20-11-12(21-17)15(26(33)34)14(23-19-6-8-2-4-10(38-8)25(31)32)16(27(35)36)13(11)22-18-5-7-1-3-9(37-7)24(29)30/h1-6,22-23H,(H2,20,21,28)/b18-5+,19-6+. The molecule has 21 nitrogen and oxygen atoms in total. The molecular formula is C17H10N10O11. The molecule has 38 heavy (non-hydrogen) atoms. The van der Waals surface area contributed by atoms with E-state index in [2.05, 4.69) is 31.0 Å². The van der Waals surface area contributed by atoms with E-state index >= 15 is 0 Å². The van der Waals surface area contributed by atoms with Gasteiger partial charge in [0, 0.05) is 0 Å². The number of fused-ring (bicyclic) bond motifs is 1. The minimum Gasteiger partial charge on any atom is -0.400 e. The summed E-state index contributed by atoms with van der Waals surface area (Å²) in [5.41, 5.74) is -0.667. The van der Waals surface area contributed by atoms with Gasteiger partial charge in [0.2, 0.25) is 5.69 Å². The molecule has 0 radical (unpaired) electrons. The van der Waals surface area contributed by atoms with Gasteiger partial charge in [0.25, 0.3) is 0 Å². The molecule has 0 amide bonds. The molecule has 4 rings (SSSR count). The number of nitrogens with zero attached hydrogens (tertiary/aromatic N) is 6. The van der Waals surface area contributed by atoms with E-state index in [9.17, 15) is 45.3 Å². The van der Waals surface area contributed by atoms with Crippen LogP contribution in [0.15, 0.2) is 48.1 Å². The smallest absolute Gasteiger partial charge is 0.400 e. The van der Waals surface area contributed by atoms with Gasteiger partial charge in [0.05, 0.1) is 34.4 Å². The van der Waals surface area contributed by atoms with E-state index in [4.69, 9.17) is 8.83 Å². The lowest BCUT2D eigenvalue weighted by molar-refractivity contribution is -0.402. The second-order valence-corrected chi connectivity index (χ2v) is 6.90. The molecule has 21 heteroatoms. The zero-order valence-corrected chi connectivity index (χ0v) is 18.1. The Hall–Kier alpha value is -6.41. The SMILES string of the molecule is O=c1[nH]c2c(N/N=C/c3ccc([N+](=O)[O-])o3)c([N+](=O)[O-])c(N/N=C/c3ccc([N+](=O)[O-])o3)c([N+](=O)[O-])c2[nH]1. The average molecular weight is 530 g/mol. The Morgan fingerprint density at radius 3 is 1.61 bits per heavy atom. The number of hydrogen-bond donors (Lipinski definition) is 4. The number of hydrogen-bond acceptors (Lipinski definition) is 15. The summed E-state index contributed by atoms with van der Waals surface area (Å²) in [6.07, 6.45) is 1.78. The fourth-order valence-electron chi connectivity index (χ4n) is 3.15. The highest BCUT2D eigenvalue weighted by Gasteiger charge is 2.36. The molecule has 0 atom stereocenters. The summed E-state index contributed by atoms with van der Waals surface area (Å²) in [6.45, 7) is 0. The van der Waals surface area contributed by atoms with Crippen molar-refractivity contribution in [1.82, 2.24) is 9.97 Å². The number of nitrogens with one attached hydrogen (secondary N) is 4. The predicted octanol–water partition coefficient (Wildman–Crippen LogP) is 2.57. The molecule has 3 heterocycles. The van der Waals surface area contributed by atoms with Crippen LogP contribution < -0.4 is 16.5 Å². The highest BCUT2D eigenvalue weighted by Crippen LogP contribution is 2.46. The molecule has 4 N–H and O–H groups in total. The van der Waals surface area contributed by atoms with Crippen LogP contribution in [0.1, 0.15) is 11.5 Å². The van der Waals surface area contributed by atoms with Crippen LogP contribution in [0.2, 0.25) is 0 Å². The van der Waals surface area contributed by atoms with Gasteiger partial charge in [-0.15, -0.1) is 0 Å². The Labute approximate surface area is 205 Å². The summed E-state index contributed by atoms with van der Waals surface area (Å²) < 4.78 is 9.74. The summed E-state index contributed by atoms with van der Waals surface area (Å²) in [5.74, 6) is -1.51. The maximum absolute atomic E-state index is 12.0. The van der Waals surface area contributed by atoms with Crippen molar-refractivity contribution in [2.75, 3.05) is 10.9 Å². The van der Waals surface area contributed by atoms with Crippen LogP contribution in [0.4, 0.5) is 34.5 Å². The van der Waals surface area contributed by atoms with Crippen LogP contribution >= 0.6 is 0 Å². The monoisotopic (exact) mass is 530 g/mol. The number of furan rings is 2. The predicted molar refractivity (Wildman–Crippen MR) is 125 cm³/mol. The minimum atomic E-state index is -1.02. The van der Waals surface area contributed by atoms with Crippen molar-refractivity contribution in [2.24, 2.45) is 10.2 Å². The molecule has 0 aliphatic carbocycles.